The minimum atomic E-state index is -0.0465. The number of hydrogen-bond acceptors (Lipinski definition) is 3. The second-order valence-corrected chi connectivity index (χ2v) is 5.98. The summed E-state index contributed by atoms with van der Waals surface area (Å²) in [6.07, 6.45) is 9.11. The fourth-order valence-corrected chi connectivity index (χ4v) is 2.56. The monoisotopic (exact) mass is 323 g/mol. The Hall–Kier alpha value is -2.89. The molecule has 1 amide bonds. The Morgan fingerprint density at radius 2 is 2.17 bits per heavy atom. The molecule has 0 unspecified atom stereocenters. The molecule has 1 aromatic carbocycles. The fraction of sp³-hybridized carbons (Fsp3) is 0.278. The maximum Gasteiger partial charge on any atom is 0.251 e. The Morgan fingerprint density at radius 1 is 1.25 bits per heavy atom. The van der Waals surface area contributed by atoms with Crippen molar-refractivity contribution in [1.82, 2.24) is 24.6 Å². The van der Waals surface area contributed by atoms with E-state index in [1.54, 1.807) is 18.7 Å². The Kier molecular flexibility index (Phi) is 5.05. The lowest BCUT2D eigenvalue weighted by atomic mass is 10.1. The maximum atomic E-state index is 12.4. The van der Waals surface area contributed by atoms with E-state index in [0.717, 1.165) is 12.1 Å². The van der Waals surface area contributed by atoms with E-state index < -0.39 is 0 Å². The Morgan fingerprint density at radius 3 is 2.92 bits per heavy atom. The molecule has 2 aromatic heterocycles. The first kappa shape index (κ1) is 16.0. The first-order valence-corrected chi connectivity index (χ1v) is 8.01. The molecule has 0 bridgehead atoms. The van der Waals surface area contributed by atoms with Crippen LogP contribution >= 0.6 is 0 Å². The van der Waals surface area contributed by atoms with E-state index in [-0.39, 0.29) is 5.91 Å². The third kappa shape index (κ3) is 4.32. The van der Waals surface area contributed by atoms with Crippen LogP contribution in [0.1, 0.15) is 22.8 Å². The number of carbonyl (C=O) groups excluding carboxylic acids is 1. The second kappa shape index (κ2) is 7.59. The van der Waals surface area contributed by atoms with Crippen molar-refractivity contribution >= 4 is 5.91 Å². The zero-order valence-corrected chi connectivity index (χ0v) is 13.7. The summed E-state index contributed by atoms with van der Waals surface area (Å²) < 4.78 is 3.85. The highest BCUT2D eigenvalue weighted by atomic mass is 16.1. The van der Waals surface area contributed by atoms with Gasteiger partial charge < -0.3 is 9.88 Å². The van der Waals surface area contributed by atoms with Crippen molar-refractivity contribution in [1.29, 1.82) is 0 Å². The van der Waals surface area contributed by atoms with Crippen LogP contribution in [0.3, 0.4) is 0 Å². The van der Waals surface area contributed by atoms with Gasteiger partial charge in [-0.25, -0.2) is 4.98 Å². The molecule has 3 rings (SSSR count). The van der Waals surface area contributed by atoms with Crippen molar-refractivity contribution < 1.29 is 4.79 Å². The van der Waals surface area contributed by atoms with Crippen LogP contribution in [0.15, 0.2) is 61.4 Å². The van der Waals surface area contributed by atoms with Gasteiger partial charge in [0, 0.05) is 50.0 Å². The Balaban J connectivity index is 1.54. The number of rotatable bonds is 7. The standard InChI is InChI=1S/C18H21N5O/c1-15(12-23-8-3-6-21-23)11-20-18(24)17-5-2-4-16(10-17)13-22-9-7-19-14-22/h2-10,14-15H,11-13H2,1H3,(H,20,24)/t15-/m0/s1. The average molecular weight is 323 g/mol. The molecule has 0 aliphatic rings. The minimum Gasteiger partial charge on any atom is -0.352 e. The molecule has 0 aliphatic carbocycles. The summed E-state index contributed by atoms with van der Waals surface area (Å²) in [5.74, 6) is 0.262. The van der Waals surface area contributed by atoms with Gasteiger partial charge in [0.05, 0.1) is 6.33 Å². The average Bonchev–Trinajstić information content (AvgIpc) is 3.27. The van der Waals surface area contributed by atoms with E-state index in [4.69, 9.17) is 0 Å². The van der Waals surface area contributed by atoms with E-state index in [1.165, 1.54) is 0 Å². The van der Waals surface area contributed by atoms with Crippen molar-refractivity contribution in [3.05, 3.63) is 72.6 Å². The van der Waals surface area contributed by atoms with Gasteiger partial charge >= 0.3 is 0 Å². The number of carbonyl (C=O) groups is 1. The molecule has 0 radical (unpaired) electrons. The van der Waals surface area contributed by atoms with Crippen LogP contribution < -0.4 is 5.32 Å². The highest BCUT2D eigenvalue weighted by Gasteiger charge is 2.09. The second-order valence-electron chi connectivity index (χ2n) is 5.98. The number of nitrogens with zero attached hydrogens (tertiary/aromatic N) is 4. The smallest absolute Gasteiger partial charge is 0.251 e. The maximum absolute atomic E-state index is 12.4. The van der Waals surface area contributed by atoms with E-state index in [1.807, 2.05) is 52.0 Å². The molecule has 0 aliphatic heterocycles. The van der Waals surface area contributed by atoms with Crippen LogP contribution in [0.4, 0.5) is 0 Å². The number of nitrogens with one attached hydrogen (secondary N) is 1. The van der Waals surface area contributed by atoms with Crippen molar-refractivity contribution in [2.45, 2.75) is 20.0 Å². The third-order valence-electron chi connectivity index (χ3n) is 3.78. The van der Waals surface area contributed by atoms with Crippen LogP contribution in [0.25, 0.3) is 0 Å². The molecule has 3 aromatic rings. The Bertz CT molecular complexity index is 765. The van der Waals surface area contributed by atoms with Crippen LogP contribution in [0.5, 0.6) is 0 Å². The largest absolute Gasteiger partial charge is 0.352 e. The molecule has 0 saturated carbocycles. The lowest BCUT2D eigenvalue weighted by Crippen LogP contribution is -2.30. The van der Waals surface area contributed by atoms with Crippen molar-refractivity contribution in [3.63, 3.8) is 0 Å². The predicted molar refractivity (Wildman–Crippen MR) is 91.5 cm³/mol. The molecule has 0 saturated heterocycles. The van der Waals surface area contributed by atoms with Gasteiger partial charge in [-0.1, -0.05) is 19.1 Å². The highest BCUT2D eigenvalue weighted by Crippen LogP contribution is 2.08. The topological polar surface area (TPSA) is 64.7 Å². The summed E-state index contributed by atoms with van der Waals surface area (Å²) in [7, 11) is 0. The van der Waals surface area contributed by atoms with Crippen LogP contribution in [0, 0.1) is 5.92 Å². The number of amides is 1. The lowest BCUT2D eigenvalue weighted by molar-refractivity contribution is 0.0946. The molecule has 6 heteroatoms. The van der Waals surface area contributed by atoms with E-state index in [0.29, 0.717) is 24.6 Å². The molecule has 0 fully saturated rings. The molecule has 0 spiro atoms. The number of aromatic nitrogens is 4. The number of hydrogen-bond donors (Lipinski definition) is 1. The number of benzene rings is 1. The van der Waals surface area contributed by atoms with Gasteiger partial charge in [0.25, 0.3) is 5.91 Å². The van der Waals surface area contributed by atoms with Gasteiger partial charge in [0.2, 0.25) is 0 Å². The Labute approximate surface area is 141 Å². The summed E-state index contributed by atoms with van der Waals surface area (Å²) in [4.78, 5) is 16.4. The van der Waals surface area contributed by atoms with Gasteiger partial charge in [0.15, 0.2) is 0 Å². The van der Waals surface area contributed by atoms with Crippen molar-refractivity contribution in [2.75, 3.05) is 6.54 Å². The quantitative estimate of drug-likeness (QED) is 0.725. The van der Waals surface area contributed by atoms with E-state index in [2.05, 4.69) is 22.3 Å². The summed E-state index contributed by atoms with van der Waals surface area (Å²) in [6.45, 7) is 4.20. The molecular weight excluding hydrogens is 302 g/mol. The third-order valence-corrected chi connectivity index (χ3v) is 3.78. The lowest BCUT2D eigenvalue weighted by Gasteiger charge is -2.13. The molecule has 24 heavy (non-hydrogen) atoms. The van der Waals surface area contributed by atoms with Crippen molar-refractivity contribution in [2.24, 2.45) is 5.92 Å². The molecule has 2 heterocycles. The SMILES string of the molecule is C[C@@H](CNC(=O)c1cccc(Cn2ccnc2)c1)Cn1cccn1. The molecule has 6 nitrogen and oxygen atoms in total. The van der Waals surface area contributed by atoms with Gasteiger partial charge in [-0.2, -0.15) is 5.10 Å². The zero-order valence-electron chi connectivity index (χ0n) is 13.7. The van der Waals surface area contributed by atoms with Gasteiger partial charge in [-0.3, -0.25) is 9.48 Å². The van der Waals surface area contributed by atoms with E-state index >= 15 is 0 Å². The number of imidazole rings is 1. The first-order valence-electron chi connectivity index (χ1n) is 8.01. The highest BCUT2D eigenvalue weighted by molar-refractivity contribution is 5.94. The normalized spacial score (nSPS) is 12.0. The molecular formula is C18H21N5O. The van der Waals surface area contributed by atoms with Crippen LogP contribution in [-0.4, -0.2) is 31.8 Å². The fourth-order valence-electron chi connectivity index (χ4n) is 2.56. The minimum absolute atomic E-state index is 0.0465. The summed E-state index contributed by atoms with van der Waals surface area (Å²) in [5.41, 5.74) is 1.75. The molecule has 1 N–H and O–H groups in total. The van der Waals surface area contributed by atoms with Crippen LogP contribution in [-0.2, 0) is 13.1 Å². The molecule has 1 atom stereocenters. The molecule has 124 valence electrons. The zero-order chi connectivity index (χ0) is 16.8. The summed E-state index contributed by atoms with van der Waals surface area (Å²) >= 11 is 0. The van der Waals surface area contributed by atoms with Gasteiger partial charge in [-0.05, 0) is 29.7 Å². The summed E-state index contributed by atoms with van der Waals surface area (Å²) in [6, 6.07) is 9.58. The first-order chi connectivity index (χ1) is 11.7. The van der Waals surface area contributed by atoms with E-state index in [9.17, 15) is 4.79 Å². The summed E-state index contributed by atoms with van der Waals surface area (Å²) in [5, 5.41) is 7.18. The predicted octanol–water partition coefficient (Wildman–Crippen LogP) is 2.19. The van der Waals surface area contributed by atoms with Gasteiger partial charge in [-0.15, -0.1) is 0 Å². The van der Waals surface area contributed by atoms with Crippen molar-refractivity contribution in [3.8, 4) is 0 Å². The van der Waals surface area contributed by atoms with Gasteiger partial charge in [0.1, 0.15) is 0 Å². The van der Waals surface area contributed by atoms with Crippen LogP contribution in [0.2, 0.25) is 0 Å².